The van der Waals surface area contributed by atoms with E-state index >= 15 is 0 Å². The van der Waals surface area contributed by atoms with Gasteiger partial charge in [0.05, 0.1) is 5.69 Å². The number of rotatable bonds is 3. The summed E-state index contributed by atoms with van der Waals surface area (Å²) in [6, 6.07) is 8.36. The predicted molar refractivity (Wildman–Crippen MR) is 87.1 cm³/mol. The van der Waals surface area contributed by atoms with E-state index in [4.69, 9.17) is 9.72 Å². The third-order valence-corrected chi connectivity index (χ3v) is 5.79. The summed E-state index contributed by atoms with van der Waals surface area (Å²) in [6.07, 6.45) is 4.66. The lowest BCUT2D eigenvalue weighted by molar-refractivity contribution is -0.00879. The highest BCUT2D eigenvalue weighted by molar-refractivity contribution is 9.10. The summed E-state index contributed by atoms with van der Waals surface area (Å²) in [5.74, 6) is 0. The summed E-state index contributed by atoms with van der Waals surface area (Å²) in [5, 5.41) is 1.15. The van der Waals surface area contributed by atoms with Crippen molar-refractivity contribution < 1.29 is 4.74 Å². The van der Waals surface area contributed by atoms with Crippen molar-refractivity contribution in [3.05, 3.63) is 38.6 Å². The van der Waals surface area contributed by atoms with Crippen molar-refractivity contribution >= 4 is 27.3 Å². The molecule has 0 N–H and O–H groups in total. The van der Waals surface area contributed by atoms with Crippen LogP contribution in [0.25, 0.3) is 11.3 Å². The number of aromatic nitrogens is 1. The lowest BCUT2D eigenvalue weighted by Gasteiger charge is -2.24. The number of hydrogen-bond acceptors (Lipinski definition) is 3. The smallest absolute Gasteiger partial charge is 0.126 e. The van der Waals surface area contributed by atoms with Crippen molar-refractivity contribution in [2.45, 2.75) is 38.2 Å². The van der Waals surface area contributed by atoms with Crippen molar-refractivity contribution in [3.63, 3.8) is 0 Å². The van der Waals surface area contributed by atoms with Gasteiger partial charge in [0.25, 0.3) is 0 Å². The van der Waals surface area contributed by atoms with E-state index in [0.717, 1.165) is 28.0 Å². The highest BCUT2D eigenvalue weighted by atomic mass is 79.9. The van der Waals surface area contributed by atoms with Crippen molar-refractivity contribution in [1.82, 2.24) is 4.98 Å². The van der Waals surface area contributed by atoms with Gasteiger partial charge < -0.3 is 4.74 Å². The molecular formula is C16H18BrNOS. The van der Waals surface area contributed by atoms with E-state index in [1.807, 2.05) is 7.11 Å². The van der Waals surface area contributed by atoms with Crippen LogP contribution < -0.4 is 0 Å². The highest BCUT2D eigenvalue weighted by Crippen LogP contribution is 2.45. The molecule has 1 fully saturated rings. The van der Waals surface area contributed by atoms with Crippen LogP contribution in [-0.4, -0.2) is 12.1 Å². The SMILES string of the molecule is COC1(c2nc(-c3ccc(Br)cc3)c(C)s2)CCCC1. The van der Waals surface area contributed by atoms with Gasteiger partial charge in [0.1, 0.15) is 10.6 Å². The van der Waals surface area contributed by atoms with Crippen molar-refractivity contribution in [2.75, 3.05) is 7.11 Å². The Morgan fingerprint density at radius 1 is 1.20 bits per heavy atom. The molecule has 1 aromatic heterocycles. The van der Waals surface area contributed by atoms with Crippen LogP contribution in [0.5, 0.6) is 0 Å². The van der Waals surface area contributed by atoms with Crippen molar-refractivity contribution in [2.24, 2.45) is 0 Å². The van der Waals surface area contributed by atoms with Gasteiger partial charge in [-0.05, 0) is 31.9 Å². The molecule has 2 nitrogen and oxygen atoms in total. The monoisotopic (exact) mass is 351 g/mol. The zero-order valence-corrected chi connectivity index (χ0v) is 14.2. The van der Waals surface area contributed by atoms with Gasteiger partial charge in [-0.3, -0.25) is 0 Å². The molecule has 2 aromatic rings. The standard InChI is InChI=1S/C16H18BrNOS/c1-11-14(12-5-7-13(17)8-6-12)18-15(20-11)16(19-2)9-3-4-10-16/h5-8H,3-4,9-10H2,1-2H3. The van der Waals surface area contributed by atoms with Gasteiger partial charge in [0.2, 0.25) is 0 Å². The highest BCUT2D eigenvalue weighted by Gasteiger charge is 2.38. The fourth-order valence-corrected chi connectivity index (χ4v) is 4.34. The minimum Gasteiger partial charge on any atom is -0.371 e. The van der Waals surface area contributed by atoms with Crippen LogP contribution in [0.3, 0.4) is 0 Å². The number of benzene rings is 1. The number of thiazole rings is 1. The van der Waals surface area contributed by atoms with Crippen molar-refractivity contribution in [3.8, 4) is 11.3 Å². The lowest BCUT2D eigenvalue weighted by atomic mass is 10.0. The van der Waals surface area contributed by atoms with Crippen LogP contribution >= 0.6 is 27.3 Å². The van der Waals surface area contributed by atoms with Gasteiger partial charge in [-0.15, -0.1) is 11.3 Å². The molecule has 1 saturated carbocycles. The predicted octanol–water partition coefficient (Wildman–Crippen LogP) is 5.30. The maximum Gasteiger partial charge on any atom is 0.126 e. The second-order valence-electron chi connectivity index (χ2n) is 5.34. The third kappa shape index (κ3) is 2.45. The molecule has 0 radical (unpaired) electrons. The molecule has 0 bridgehead atoms. The molecule has 1 aromatic carbocycles. The number of methoxy groups -OCH3 is 1. The van der Waals surface area contributed by atoms with Gasteiger partial charge in [0, 0.05) is 22.0 Å². The first-order valence-corrected chi connectivity index (χ1v) is 8.54. The Kier molecular flexibility index (Phi) is 3.98. The van der Waals surface area contributed by atoms with Crippen LogP contribution in [0.15, 0.2) is 28.7 Å². The summed E-state index contributed by atoms with van der Waals surface area (Å²) in [7, 11) is 1.82. The average Bonchev–Trinajstić information content (AvgIpc) is 3.07. The number of nitrogens with zero attached hydrogens (tertiary/aromatic N) is 1. The number of aryl methyl sites for hydroxylation is 1. The molecule has 20 heavy (non-hydrogen) atoms. The molecule has 4 heteroatoms. The van der Waals surface area contributed by atoms with Crippen LogP contribution in [-0.2, 0) is 10.3 Å². The fourth-order valence-electron chi connectivity index (χ4n) is 2.92. The minimum atomic E-state index is -0.136. The van der Waals surface area contributed by atoms with E-state index in [9.17, 15) is 0 Å². The molecule has 1 aliphatic carbocycles. The summed E-state index contributed by atoms with van der Waals surface area (Å²) in [5.41, 5.74) is 2.14. The van der Waals surface area contributed by atoms with E-state index in [-0.39, 0.29) is 5.60 Å². The van der Waals surface area contributed by atoms with E-state index in [1.165, 1.54) is 23.3 Å². The largest absolute Gasteiger partial charge is 0.371 e. The topological polar surface area (TPSA) is 22.1 Å². The molecule has 1 heterocycles. The first-order valence-electron chi connectivity index (χ1n) is 6.94. The zero-order valence-electron chi connectivity index (χ0n) is 11.8. The van der Waals surface area contributed by atoms with E-state index in [0.29, 0.717) is 0 Å². The zero-order chi connectivity index (χ0) is 14.2. The number of halogens is 1. The Morgan fingerprint density at radius 3 is 2.45 bits per heavy atom. The number of ether oxygens (including phenoxy) is 1. The summed E-state index contributed by atoms with van der Waals surface area (Å²) >= 11 is 5.26. The van der Waals surface area contributed by atoms with Crippen LogP contribution in [0.2, 0.25) is 0 Å². The summed E-state index contributed by atoms with van der Waals surface area (Å²) in [6.45, 7) is 2.15. The van der Waals surface area contributed by atoms with E-state index in [1.54, 1.807) is 11.3 Å². The summed E-state index contributed by atoms with van der Waals surface area (Å²) < 4.78 is 6.94. The second kappa shape index (κ2) is 5.58. The van der Waals surface area contributed by atoms with Crippen LogP contribution in [0, 0.1) is 6.92 Å². The molecule has 0 amide bonds. The maximum absolute atomic E-state index is 5.85. The molecule has 0 atom stereocenters. The Balaban J connectivity index is 2.00. The molecule has 0 unspecified atom stereocenters. The number of hydrogen-bond donors (Lipinski definition) is 0. The van der Waals surface area contributed by atoms with Crippen LogP contribution in [0.4, 0.5) is 0 Å². The van der Waals surface area contributed by atoms with Gasteiger partial charge in [0.15, 0.2) is 0 Å². The fraction of sp³-hybridized carbons (Fsp3) is 0.438. The summed E-state index contributed by atoms with van der Waals surface area (Å²) in [4.78, 5) is 6.18. The quantitative estimate of drug-likeness (QED) is 0.748. The minimum absolute atomic E-state index is 0.136. The molecule has 0 spiro atoms. The van der Waals surface area contributed by atoms with E-state index < -0.39 is 0 Å². The molecule has 1 aliphatic rings. The molecule has 106 valence electrons. The Hall–Kier alpha value is -0.710. The van der Waals surface area contributed by atoms with Gasteiger partial charge in [-0.1, -0.05) is 40.9 Å². The maximum atomic E-state index is 5.85. The first kappa shape index (κ1) is 14.2. The van der Waals surface area contributed by atoms with Crippen LogP contribution in [0.1, 0.15) is 35.6 Å². The van der Waals surface area contributed by atoms with Gasteiger partial charge >= 0.3 is 0 Å². The van der Waals surface area contributed by atoms with Gasteiger partial charge in [-0.2, -0.15) is 0 Å². The first-order chi connectivity index (χ1) is 9.64. The van der Waals surface area contributed by atoms with Crippen molar-refractivity contribution in [1.29, 1.82) is 0 Å². The van der Waals surface area contributed by atoms with Gasteiger partial charge in [-0.25, -0.2) is 4.98 Å². The average molecular weight is 352 g/mol. The molecule has 0 saturated heterocycles. The second-order valence-corrected chi connectivity index (χ2v) is 7.46. The molecule has 0 aliphatic heterocycles. The molecule has 3 rings (SSSR count). The Morgan fingerprint density at radius 2 is 1.85 bits per heavy atom. The normalized spacial score (nSPS) is 17.6. The Bertz CT molecular complexity index is 599. The Labute approximate surface area is 132 Å². The third-order valence-electron chi connectivity index (χ3n) is 4.11. The lowest BCUT2D eigenvalue weighted by Crippen LogP contribution is -2.24. The van der Waals surface area contributed by atoms with E-state index in [2.05, 4.69) is 47.1 Å². The molecular weight excluding hydrogens is 334 g/mol.